The SMILES string of the molecule is CC/C=C\C/C=C\C/C=C\C/C=C\C/C=C\C/C=C\CCCCCCCCCCCCC(=O)NC(CO)C(O)/C=C/CC/C=C/CC/C=C/CCCCCCCC. The van der Waals surface area contributed by atoms with Gasteiger partial charge in [0.05, 0.1) is 18.8 Å². The van der Waals surface area contributed by atoms with E-state index in [4.69, 9.17) is 0 Å². The molecule has 0 aromatic heterocycles. The summed E-state index contributed by atoms with van der Waals surface area (Å²) < 4.78 is 0. The van der Waals surface area contributed by atoms with Crippen molar-refractivity contribution >= 4 is 5.91 Å². The first kappa shape index (κ1) is 54.1. The van der Waals surface area contributed by atoms with Crippen molar-refractivity contribution in [1.82, 2.24) is 5.32 Å². The van der Waals surface area contributed by atoms with Crippen LogP contribution in [0.3, 0.4) is 0 Å². The molecule has 2 unspecified atom stereocenters. The van der Waals surface area contributed by atoms with Crippen molar-refractivity contribution in [2.75, 3.05) is 6.61 Å². The van der Waals surface area contributed by atoms with Crippen molar-refractivity contribution in [2.45, 2.75) is 212 Å². The van der Waals surface area contributed by atoms with Crippen molar-refractivity contribution in [3.63, 3.8) is 0 Å². The van der Waals surface area contributed by atoms with Gasteiger partial charge in [-0.25, -0.2) is 0 Å². The molecular weight excluding hydrogens is 699 g/mol. The lowest BCUT2D eigenvalue weighted by Crippen LogP contribution is -2.45. The Morgan fingerprint density at radius 1 is 0.439 bits per heavy atom. The maximum atomic E-state index is 12.4. The Kier molecular flexibility index (Phi) is 45.0. The van der Waals surface area contributed by atoms with Gasteiger partial charge in [-0.2, -0.15) is 0 Å². The lowest BCUT2D eigenvalue weighted by molar-refractivity contribution is -0.123. The molecule has 0 heterocycles. The number of hydrogen-bond donors (Lipinski definition) is 3. The number of hydrogen-bond acceptors (Lipinski definition) is 3. The van der Waals surface area contributed by atoms with Gasteiger partial charge in [-0.15, -0.1) is 0 Å². The zero-order valence-corrected chi connectivity index (χ0v) is 37.1. The first-order valence-electron chi connectivity index (χ1n) is 23.6. The summed E-state index contributed by atoms with van der Waals surface area (Å²) in [5.74, 6) is -0.0884. The minimum Gasteiger partial charge on any atom is -0.394 e. The Hall–Kier alpha value is -2.95. The van der Waals surface area contributed by atoms with Gasteiger partial charge < -0.3 is 15.5 Å². The van der Waals surface area contributed by atoms with Gasteiger partial charge in [0, 0.05) is 6.42 Å². The van der Waals surface area contributed by atoms with Crippen LogP contribution in [0.25, 0.3) is 0 Å². The van der Waals surface area contributed by atoms with E-state index in [1.165, 1.54) is 96.3 Å². The Labute approximate surface area is 353 Å². The monoisotopic (exact) mass is 788 g/mol. The molecule has 57 heavy (non-hydrogen) atoms. The number of allylic oxidation sites excluding steroid dienone is 17. The van der Waals surface area contributed by atoms with Gasteiger partial charge in [0.2, 0.25) is 5.91 Å². The van der Waals surface area contributed by atoms with Crippen LogP contribution in [0.4, 0.5) is 0 Å². The molecule has 4 nitrogen and oxygen atoms in total. The second kappa shape index (κ2) is 47.4. The fourth-order valence-corrected chi connectivity index (χ4v) is 6.39. The van der Waals surface area contributed by atoms with Crippen LogP contribution in [0.2, 0.25) is 0 Å². The standard InChI is InChI=1S/C53H89NO3/c1-3-5-7-9-11-13-15-17-19-21-22-23-24-25-26-27-28-29-30-31-32-33-35-37-39-41-43-45-47-49-53(57)54-51(50-55)52(56)48-46-44-42-40-38-36-34-20-18-16-14-12-10-8-6-4-2/h5,7,11,13,17-20,22-23,25-26,28-29,38,40,46,48,51-52,55-56H,3-4,6,8-10,12,14-16,21,24,27,30-37,39,41-45,47,49-50H2,1-2H3,(H,54,57)/b7-5-,13-11-,19-17-,20-18+,23-22-,26-25-,29-28-,40-38+,48-46+. The molecule has 0 spiro atoms. The fourth-order valence-electron chi connectivity index (χ4n) is 6.39. The molecule has 3 N–H and O–H groups in total. The van der Waals surface area contributed by atoms with Gasteiger partial charge in [0.15, 0.2) is 0 Å². The van der Waals surface area contributed by atoms with Crippen molar-refractivity contribution in [1.29, 1.82) is 0 Å². The Morgan fingerprint density at radius 2 is 0.789 bits per heavy atom. The topological polar surface area (TPSA) is 69.6 Å². The molecule has 0 fully saturated rings. The van der Waals surface area contributed by atoms with Gasteiger partial charge in [-0.05, 0) is 96.3 Å². The highest BCUT2D eigenvalue weighted by atomic mass is 16.3. The van der Waals surface area contributed by atoms with Crippen LogP contribution in [0.5, 0.6) is 0 Å². The van der Waals surface area contributed by atoms with E-state index in [2.05, 4.69) is 116 Å². The average Bonchev–Trinajstić information content (AvgIpc) is 3.22. The van der Waals surface area contributed by atoms with Crippen LogP contribution in [0.1, 0.15) is 200 Å². The van der Waals surface area contributed by atoms with Gasteiger partial charge >= 0.3 is 0 Å². The highest BCUT2D eigenvalue weighted by Gasteiger charge is 2.17. The summed E-state index contributed by atoms with van der Waals surface area (Å²) in [4.78, 5) is 12.4. The molecule has 0 saturated carbocycles. The minimum absolute atomic E-state index is 0.0884. The van der Waals surface area contributed by atoms with E-state index >= 15 is 0 Å². The number of unbranched alkanes of at least 4 members (excludes halogenated alkanes) is 18. The number of nitrogens with one attached hydrogen (secondary N) is 1. The molecule has 0 aliphatic heterocycles. The van der Waals surface area contributed by atoms with Crippen molar-refractivity contribution in [2.24, 2.45) is 0 Å². The Bertz CT molecular complexity index is 1120. The average molecular weight is 788 g/mol. The Balaban J connectivity index is 3.66. The second-order valence-corrected chi connectivity index (χ2v) is 15.4. The van der Waals surface area contributed by atoms with E-state index in [0.29, 0.717) is 6.42 Å². The molecule has 324 valence electrons. The lowest BCUT2D eigenvalue weighted by Gasteiger charge is -2.19. The van der Waals surface area contributed by atoms with E-state index in [1.807, 2.05) is 6.08 Å². The zero-order valence-electron chi connectivity index (χ0n) is 37.1. The summed E-state index contributed by atoms with van der Waals surface area (Å²) in [6.07, 6.45) is 72.0. The first-order valence-corrected chi connectivity index (χ1v) is 23.6. The molecule has 1 amide bonds. The highest BCUT2D eigenvalue weighted by molar-refractivity contribution is 5.76. The normalized spacial score (nSPS) is 14.0. The molecule has 0 rings (SSSR count). The van der Waals surface area contributed by atoms with Crippen LogP contribution in [-0.2, 0) is 4.79 Å². The third-order valence-electron chi connectivity index (χ3n) is 9.97. The van der Waals surface area contributed by atoms with Crippen LogP contribution in [0.15, 0.2) is 109 Å². The van der Waals surface area contributed by atoms with E-state index in [-0.39, 0.29) is 12.5 Å². The first-order chi connectivity index (χ1) is 28.2. The molecule has 4 heteroatoms. The second-order valence-electron chi connectivity index (χ2n) is 15.4. The van der Waals surface area contributed by atoms with Gasteiger partial charge in [0.1, 0.15) is 0 Å². The maximum absolute atomic E-state index is 12.4. The van der Waals surface area contributed by atoms with Crippen molar-refractivity contribution in [3.8, 4) is 0 Å². The number of carbonyl (C=O) groups is 1. The number of rotatable bonds is 41. The van der Waals surface area contributed by atoms with Gasteiger partial charge in [-0.3, -0.25) is 4.79 Å². The maximum Gasteiger partial charge on any atom is 0.220 e. The molecule has 2 atom stereocenters. The molecule has 0 bridgehead atoms. The zero-order chi connectivity index (χ0) is 41.4. The summed E-state index contributed by atoms with van der Waals surface area (Å²) >= 11 is 0. The van der Waals surface area contributed by atoms with Gasteiger partial charge in [0.25, 0.3) is 0 Å². The summed E-state index contributed by atoms with van der Waals surface area (Å²) in [6.45, 7) is 4.15. The van der Waals surface area contributed by atoms with Crippen molar-refractivity contribution < 1.29 is 15.0 Å². The highest BCUT2D eigenvalue weighted by Crippen LogP contribution is 2.13. The third kappa shape index (κ3) is 44.0. The molecule has 0 aromatic carbocycles. The number of aliphatic hydroxyl groups excluding tert-OH is 2. The quantitative estimate of drug-likeness (QED) is 0.0427. The summed E-state index contributed by atoms with van der Waals surface area (Å²) in [6, 6.07) is -0.655. The summed E-state index contributed by atoms with van der Waals surface area (Å²) in [5, 5.41) is 23.0. The smallest absolute Gasteiger partial charge is 0.220 e. The summed E-state index contributed by atoms with van der Waals surface area (Å²) in [7, 11) is 0. The number of aliphatic hydroxyl groups is 2. The minimum atomic E-state index is -0.878. The molecular formula is C53H89NO3. The number of carbonyl (C=O) groups excluding carboxylic acids is 1. The van der Waals surface area contributed by atoms with Crippen LogP contribution in [0, 0.1) is 0 Å². The van der Waals surface area contributed by atoms with Crippen molar-refractivity contribution in [3.05, 3.63) is 109 Å². The Morgan fingerprint density at radius 3 is 1.23 bits per heavy atom. The molecule has 0 saturated heterocycles. The van der Waals surface area contributed by atoms with E-state index in [0.717, 1.165) is 83.5 Å². The molecule has 0 aliphatic carbocycles. The van der Waals surface area contributed by atoms with E-state index in [9.17, 15) is 15.0 Å². The van der Waals surface area contributed by atoms with E-state index in [1.54, 1.807) is 6.08 Å². The predicted octanol–water partition coefficient (Wildman–Crippen LogP) is 15.2. The summed E-state index contributed by atoms with van der Waals surface area (Å²) in [5.41, 5.74) is 0. The van der Waals surface area contributed by atoms with E-state index < -0.39 is 12.1 Å². The molecule has 0 radical (unpaired) electrons. The largest absolute Gasteiger partial charge is 0.394 e. The van der Waals surface area contributed by atoms with Crippen LogP contribution >= 0.6 is 0 Å². The molecule has 0 aliphatic rings. The molecule has 0 aromatic rings. The lowest BCUT2D eigenvalue weighted by atomic mass is 10.0. The van der Waals surface area contributed by atoms with Crippen LogP contribution in [-0.4, -0.2) is 34.9 Å². The van der Waals surface area contributed by atoms with Gasteiger partial charge in [-0.1, -0.05) is 207 Å². The predicted molar refractivity (Wildman–Crippen MR) is 253 cm³/mol. The third-order valence-corrected chi connectivity index (χ3v) is 9.97. The number of amides is 1. The fraction of sp³-hybridized carbons (Fsp3) is 0.642. The van der Waals surface area contributed by atoms with Crippen LogP contribution < -0.4 is 5.32 Å².